The SMILES string of the molecule is C[S+]([O-])c1cc(F)c(F)c(N2CC(F)C2F)c1. The van der Waals surface area contributed by atoms with E-state index in [9.17, 15) is 22.1 Å². The lowest BCUT2D eigenvalue weighted by Gasteiger charge is -2.40. The summed E-state index contributed by atoms with van der Waals surface area (Å²) in [5, 5.41) is 0. The maximum atomic E-state index is 13.4. The van der Waals surface area contributed by atoms with Crippen LogP contribution < -0.4 is 4.90 Å². The number of anilines is 1. The van der Waals surface area contributed by atoms with Crippen LogP contribution in [0.15, 0.2) is 17.0 Å². The van der Waals surface area contributed by atoms with E-state index in [4.69, 9.17) is 0 Å². The Bertz CT molecular complexity index is 443. The van der Waals surface area contributed by atoms with Crippen LogP contribution in [0.2, 0.25) is 0 Å². The fraction of sp³-hybridized carbons (Fsp3) is 0.400. The zero-order chi connectivity index (χ0) is 12.7. The molecule has 0 radical (unpaired) electrons. The average Bonchev–Trinajstić information content (AvgIpc) is 2.29. The van der Waals surface area contributed by atoms with Gasteiger partial charge in [-0.1, -0.05) is 0 Å². The largest absolute Gasteiger partial charge is 0.612 e. The van der Waals surface area contributed by atoms with E-state index < -0.39 is 41.0 Å². The van der Waals surface area contributed by atoms with Gasteiger partial charge in [0.05, 0.1) is 12.2 Å². The Labute approximate surface area is 98.4 Å². The molecule has 1 saturated heterocycles. The Hall–Kier alpha value is -0.950. The number of rotatable bonds is 2. The molecule has 0 bridgehead atoms. The van der Waals surface area contributed by atoms with E-state index in [1.54, 1.807) is 0 Å². The average molecular weight is 267 g/mol. The van der Waals surface area contributed by atoms with Crippen molar-refractivity contribution < 1.29 is 22.1 Å². The molecule has 0 aromatic heterocycles. The highest BCUT2D eigenvalue weighted by atomic mass is 32.2. The molecule has 1 aliphatic rings. The normalized spacial score (nSPS) is 25.6. The number of alkyl halides is 2. The van der Waals surface area contributed by atoms with Crippen LogP contribution in [0, 0.1) is 11.6 Å². The quantitative estimate of drug-likeness (QED) is 0.466. The van der Waals surface area contributed by atoms with Gasteiger partial charge in [0.25, 0.3) is 0 Å². The molecule has 1 heterocycles. The third kappa shape index (κ3) is 2.09. The van der Waals surface area contributed by atoms with E-state index in [0.29, 0.717) is 0 Å². The molecule has 7 heteroatoms. The number of nitrogens with zero attached hydrogens (tertiary/aromatic N) is 1. The molecule has 17 heavy (non-hydrogen) atoms. The van der Waals surface area contributed by atoms with E-state index in [2.05, 4.69) is 0 Å². The molecule has 2 rings (SSSR count). The van der Waals surface area contributed by atoms with E-state index >= 15 is 0 Å². The molecular formula is C10H9F4NOS. The van der Waals surface area contributed by atoms with Crippen molar-refractivity contribution in [3.05, 3.63) is 23.8 Å². The predicted octanol–water partition coefficient (Wildman–Crippen LogP) is 2.16. The van der Waals surface area contributed by atoms with Gasteiger partial charge < -0.3 is 9.45 Å². The molecule has 0 aliphatic carbocycles. The highest BCUT2D eigenvalue weighted by molar-refractivity contribution is 7.90. The molecule has 1 aromatic carbocycles. The minimum atomic E-state index is -1.98. The second-order valence-electron chi connectivity index (χ2n) is 3.73. The maximum absolute atomic E-state index is 13.4. The molecule has 1 aromatic rings. The first kappa shape index (κ1) is 12.5. The Balaban J connectivity index is 2.39. The zero-order valence-electron chi connectivity index (χ0n) is 8.79. The summed E-state index contributed by atoms with van der Waals surface area (Å²) in [6, 6.07) is 1.86. The Morgan fingerprint density at radius 2 is 2.00 bits per heavy atom. The summed E-state index contributed by atoms with van der Waals surface area (Å²) >= 11 is -1.52. The van der Waals surface area contributed by atoms with Gasteiger partial charge >= 0.3 is 0 Å². The van der Waals surface area contributed by atoms with Crippen LogP contribution in [0.25, 0.3) is 0 Å². The first-order chi connectivity index (χ1) is 7.91. The van der Waals surface area contributed by atoms with Gasteiger partial charge in [-0.3, -0.25) is 0 Å². The van der Waals surface area contributed by atoms with Gasteiger partial charge in [0.15, 0.2) is 22.7 Å². The molecular weight excluding hydrogens is 258 g/mol. The van der Waals surface area contributed by atoms with Crippen molar-refractivity contribution in [2.75, 3.05) is 17.7 Å². The van der Waals surface area contributed by atoms with Crippen LogP contribution in [0.3, 0.4) is 0 Å². The monoisotopic (exact) mass is 267 g/mol. The summed E-state index contributed by atoms with van der Waals surface area (Å²) < 4.78 is 63.5. The number of benzene rings is 1. The second-order valence-corrected chi connectivity index (χ2v) is 5.11. The van der Waals surface area contributed by atoms with Gasteiger partial charge in [0, 0.05) is 12.1 Å². The van der Waals surface area contributed by atoms with Crippen LogP contribution in [0.5, 0.6) is 0 Å². The van der Waals surface area contributed by atoms with Gasteiger partial charge in [0.2, 0.25) is 6.30 Å². The Kier molecular flexibility index (Phi) is 3.22. The van der Waals surface area contributed by atoms with Crippen molar-refractivity contribution in [3.63, 3.8) is 0 Å². The first-order valence-corrected chi connectivity index (χ1v) is 6.35. The highest BCUT2D eigenvalue weighted by Gasteiger charge is 2.41. The Morgan fingerprint density at radius 1 is 1.35 bits per heavy atom. The van der Waals surface area contributed by atoms with Crippen LogP contribution in [-0.2, 0) is 11.2 Å². The maximum Gasteiger partial charge on any atom is 0.205 e. The lowest BCUT2D eigenvalue weighted by Crippen LogP contribution is -2.56. The second kappa shape index (κ2) is 4.38. The molecule has 1 aliphatic heterocycles. The van der Waals surface area contributed by atoms with E-state index in [1.165, 1.54) is 6.26 Å². The molecule has 3 unspecified atom stereocenters. The summed E-state index contributed by atoms with van der Waals surface area (Å²) in [5.41, 5.74) is -0.392. The van der Waals surface area contributed by atoms with Crippen molar-refractivity contribution in [1.29, 1.82) is 0 Å². The van der Waals surface area contributed by atoms with E-state index in [0.717, 1.165) is 17.0 Å². The fourth-order valence-corrected chi connectivity index (χ4v) is 2.14. The highest BCUT2D eigenvalue weighted by Crippen LogP contribution is 2.34. The molecule has 0 amide bonds. The van der Waals surface area contributed by atoms with Crippen LogP contribution in [0.4, 0.5) is 23.2 Å². The van der Waals surface area contributed by atoms with Gasteiger partial charge in [-0.15, -0.1) is 0 Å². The van der Waals surface area contributed by atoms with Crippen LogP contribution in [-0.4, -0.2) is 29.8 Å². The number of hydrogen-bond donors (Lipinski definition) is 0. The van der Waals surface area contributed by atoms with Crippen molar-refractivity contribution in [2.45, 2.75) is 17.4 Å². The van der Waals surface area contributed by atoms with Gasteiger partial charge in [0.1, 0.15) is 6.26 Å². The third-order valence-corrected chi connectivity index (χ3v) is 3.49. The standard InChI is InChI=1S/C10H9F4NOS/c1-17(16)5-2-6(11)9(13)8(3-5)15-4-7(12)10(15)14/h2-3,7,10H,4H2,1H3. The predicted molar refractivity (Wildman–Crippen MR) is 55.8 cm³/mol. The van der Waals surface area contributed by atoms with Crippen molar-refractivity contribution in [2.24, 2.45) is 0 Å². The Morgan fingerprint density at radius 3 is 2.47 bits per heavy atom. The number of halogens is 4. The smallest absolute Gasteiger partial charge is 0.205 e. The molecule has 94 valence electrons. The van der Waals surface area contributed by atoms with Crippen molar-refractivity contribution in [1.82, 2.24) is 0 Å². The van der Waals surface area contributed by atoms with Crippen molar-refractivity contribution in [3.8, 4) is 0 Å². The third-order valence-electron chi connectivity index (χ3n) is 2.59. The molecule has 0 spiro atoms. The minimum Gasteiger partial charge on any atom is -0.612 e. The molecule has 2 nitrogen and oxygen atoms in total. The topological polar surface area (TPSA) is 26.3 Å². The summed E-state index contributed by atoms with van der Waals surface area (Å²) in [6.45, 7) is -0.336. The zero-order valence-corrected chi connectivity index (χ0v) is 9.61. The summed E-state index contributed by atoms with van der Waals surface area (Å²) in [5.74, 6) is -2.48. The van der Waals surface area contributed by atoms with E-state index in [1.807, 2.05) is 0 Å². The molecule has 3 atom stereocenters. The fourth-order valence-electron chi connectivity index (χ4n) is 1.59. The lowest BCUT2D eigenvalue weighted by molar-refractivity contribution is 0.0956. The summed E-state index contributed by atoms with van der Waals surface area (Å²) in [7, 11) is 0. The molecule has 0 saturated carbocycles. The lowest BCUT2D eigenvalue weighted by atomic mass is 10.1. The first-order valence-electron chi connectivity index (χ1n) is 4.79. The van der Waals surface area contributed by atoms with Gasteiger partial charge in [-0.2, -0.15) is 0 Å². The van der Waals surface area contributed by atoms with Crippen molar-refractivity contribution >= 4 is 16.9 Å². The summed E-state index contributed by atoms with van der Waals surface area (Å²) in [6.07, 6.45) is -2.39. The molecule has 0 N–H and O–H groups in total. The minimum absolute atomic E-state index is 0.0356. The van der Waals surface area contributed by atoms with Crippen LogP contribution in [0.1, 0.15) is 0 Å². The van der Waals surface area contributed by atoms with Gasteiger partial charge in [-0.05, 0) is 11.2 Å². The van der Waals surface area contributed by atoms with Crippen LogP contribution >= 0.6 is 0 Å². The molecule has 1 fully saturated rings. The van der Waals surface area contributed by atoms with E-state index in [-0.39, 0.29) is 11.4 Å². The summed E-state index contributed by atoms with van der Waals surface area (Å²) in [4.78, 5) is 0.799. The number of hydrogen-bond acceptors (Lipinski definition) is 2. The van der Waals surface area contributed by atoms with Gasteiger partial charge in [-0.25, -0.2) is 17.6 Å².